The van der Waals surface area contributed by atoms with Crippen molar-refractivity contribution < 1.29 is 9.90 Å². The largest absolute Gasteiger partial charge is 0.510 e. The van der Waals surface area contributed by atoms with E-state index in [-0.39, 0.29) is 17.8 Å². The number of hydrogen-bond acceptors (Lipinski definition) is 4. The normalized spacial score (nSPS) is 11.2. The fraction of sp³-hybridized carbons (Fsp3) is 0.444. The summed E-state index contributed by atoms with van der Waals surface area (Å²) in [6.07, 6.45) is 0.128. The van der Waals surface area contributed by atoms with Crippen molar-refractivity contribution in [1.82, 2.24) is 4.90 Å². The molecule has 1 N–H and O–H groups in total. The number of Topliss-reactive ketones (excluding diaryl/α,β-unsaturated/α-hetero) is 1. The van der Waals surface area contributed by atoms with Gasteiger partial charge < -0.3 is 10.0 Å². The van der Waals surface area contributed by atoms with Crippen LogP contribution in [0.25, 0.3) is 0 Å². The van der Waals surface area contributed by atoms with E-state index in [2.05, 4.69) is 25.7 Å². The molecule has 5 heteroatoms. The van der Waals surface area contributed by atoms with E-state index in [4.69, 9.17) is 16.9 Å². The lowest BCUT2D eigenvalue weighted by atomic mass is 10.1. The lowest BCUT2D eigenvalue weighted by Gasteiger charge is -2.13. The Balaban J connectivity index is 0.000000585. The Morgan fingerprint density at radius 1 is 1.26 bits per heavy atom. The van der Waals surface area contributed by atoms with E-state index in [9.17, 15) is 9.90 Å². The third-order valence-corrected chi connectivity index (χ3v) is 3.59. The Morgan fingerprint density at radius 2 is 1.83 bits per heavy atom. The second-order valence-electron chi connectivity index (χ2n) is 4.92. The zero-order chi connectivity index (χ0) is 17.8. The number of nitrogens with zero attached hydrogens (tertiary/aromatic N) is 2. The molecular formula is C18H25ClN2O2. The molecule has 0 amide bonds. The number of benzene rings is 1. The topological polar surface area (TPSA) is 64.3 Å². The number of aliphatic hydroxyl groups excluding tert-OH is 1. The van der Waals surface area contributed by atoms with Gasteiger partial charge in [-0.05, 0) is 44.3 Å². The number of halogens is 1. The first kappa shape index (κ1) is 21.2. The number of carbonyl (C=O) groups is 1. The molecule has 0 saturated carbocycles. The molecule has 0 heterocycles. The van der Waals surface area contributed by atoms with Crippen molar-refractivity contribution in [1.29, 1.82) is 5.26 Å². The van der Waals surface area contributed by atoms with Crippen LogP contribution in [0.15, 0.2) is 35.6 Å². The molecular weight excluding hydrogens is 312 g/mol. The summed E-state index contributed by atoms with van der Waals surface area (Å²) in [6, 6.07) is 8.57. The Bertz CT molecular complexity index is 567. The summed E-state index contributed by atoms with van der Waals surface area (Å²) in [7, 11) is 0. The summed E-state index contributed by atoms with van der Waals surface area (Å²) in [4.78, 5) is 13.4. The van der Waals surface area contributed by atoms with Crippen molar-refractivity contribution in [2.75, 3.05) is 19.6 Å². The molecule has 1 rings (SSSR count). The van der Waals surface area contributed by atoms with Gasteiger partial charge in [0.25, 0.3) is 0 Å². The predicted octanol–water partition coefficient (Wildman–Crippen LogP) is 4.16. The molecule has 1 aromatic carbocycles. The van der Waals surface area contributed by atoms with Gasteiger partial charge in [-0.15, -0.1) is 0 Å². The Labute approximate surface area is 144 Å². The third-order valence-electron chi connectivity index (χ3n) is 3.35. The highest BCUT2D eigenvalue weighted by atomic mass is 35.5. The average molecular weight is 337 g/mol. The van der Waals surface area contributed by atoms with Gasteiger partial charge in [-0.3, -0.25) is 4.79 Å². The quantitative estimate of drug-likeness (QED) is 0.481. The van der Waals surface area contributed by atoms with Crippen LogP contribution in [0.2, 0.25) is 5.02 Å². The maximum atomic E-state index is 11.0. The van der Waals surface area contributed by atoms with Crippen molar-refractivity contribution in [2.45, 2.75) is 34.1 Å². The van der Waals surface area contributed by atoms with Gasteiger partial charge >= 0.3 is 0 Å². The number of allylic oxidation sites excluding steroid dienone is 2. The first-order valence-electron chi connectivity index (χ1n) is 7.69. The zero-order valence-electron chi connectivity index (χ0n) is 14.3. The van der Waals surface area contributed by atoms with Crippen molar-refractivity contribution >= 4 is 17.4 Å². The van der Waals surface area contributed by atoms with E-state index in [0.717, 1.165) is 5.56 Å². The highest BCUT2D eigenvalue weighted by Crippen LogP contribution is 2.15. The lowest BCUT2D eigenvalue weighted by molar-refractivity contribution is -0.113. The van der Waals surface area contributed by atoms with Crippen molar-refractivity contribution in [3.63, 3.8) is 0 Å². The van der Waals surface area contributed by atoms with Crippen LogP contribution in [-0.2, 0) is 11.2 Å². The Hall–Kier alpha value is -1.83. The van der Waals surface area contributed by atoms with E-state index in [1.54, 1.807) is 30.3 Å². The van der Waals surface area contributed by atoms with Crippen molar-refractivity contribution in [2.24, 2.45) is 0 Å². The molecule has 0 aliphatic heterocycles. The summed E-state index contributed by atoms with van der Waals surface area (Å²) in [5.41, 5.74) is 0.541. The standard InChI is InChI=1S/C12H10ClNO2.C6H15N/c1-8(15)11(7-14)12(16)6-9-3-2-4-10(13)5-9;1-4-7(5-2)6-3/h2-5,16H,6H2,1H3;4-6H2,1-3H3. The van der Waals surface area contributed by atoms with Crippen LogP contribution >= 0.6 is 11.6 Å². The number of rotatable bonds is 6. The molecule has 126 valence electrons. The van der Waals surface area contributed by atoms with Gasteiger partial charge in [0.1, 0.15) is 17.4 Å². The van der Waals surface area contributed by atoms with Crippen LogP contribution < -0.4 is 0 Å². The van der Waals surface area contributed by atoms with E-state index in [1.807, 2.05) is 0 Å². The molecule has 0 aliphatic carbocycles. The van der Waals surface area contributed by atoms with Crippen LogP contribution in [0.4, 0.5) is 0 Å². The molecule has 0 atom stereocenters. The molecule has 4 nitrogen and oxygen atoms in total. The molecule has 0 aliphatic rings. The van der Waals surface area contributed by atoms with Gasteiger partial charge in [-0.2, -0.15) is 5.26 Å². The summed E-state index contributed by atoms with van der Waals surface area (Å²) in [5, 5.41) is 18.8. The molecule has 0 bridgehead atoms. The van der Waals surface area contributed by atoms with Crippen LogP contribution in [0.5, 0.6) is 0 Å². The van der Waals surface area contributed by atoms with Crippen LogP contribution in [0, 0.1) is 11.3 Å². The van der Waals surface area contributed by atoms with E-state index in [0.29, 0.717) is 5.02 Å². The summed E-state index contributed by atoms with van der Waals surface area (Å²) >= 11 is 5.77. The van der Waals surface area contributed by atoms with Crippen molar-refractivity contribution in [3.05, 3.63) is 46.2 Å². The fourth-order valence-electron chi connectivity index (χ4n) is 1.95. The van der Waals surface area contributed by atoms with E-state index in [1.165, 1.54) is 26.6 Å². The third kappa shape index (κ3) is 8.39. The minimum absolute atomic E-state index is 0.128. The van der Waals surface area contributed by atoms with Gasteiger partial charge in [-0.25, -0.2) is 0 Å². The highest BCUT2D eigenvalue weighted by molar-refractivity contribution is 6.30. The molecule has 0 fully saturated rings. The van der Waals surface area contributed by atoms with Crippen LogP contribution in [0.3, 0.4) is 0 Å². The second kappa shape index (κ2) is 11.7. The molecule has 0 spiro atoms. The summed E-state index contributed by atoms with van der Waals surface area (Å²) in [5.74, 6) is -0.667. The number of hydrogen-bond donors (Lipinski definition) is 1. The van der Waals surface area contributed by atoms with Gasteiger partial charge in [0.2, 0.25) is 0 Å². The molecule has 0 aromatic heterocycles. The maximum Gasteiger partial charge on any atom is 0.173 e. The van der Waals surface area contributed by atoms with Crippen LogP contribution in [0.1, 0.15) is 33.3 Å². The molecule has 23 heavy (non-hydrogen) atoms. The molecule has 0 unspecified atom stereocenters. The van der Waals surface area contributed by atoms with Gasteiger partial charge in [0.05, 0.1) is 0 Å². The smallest absolute Gasteiger partial charge is 0.173 e. The fourth-order valence-corrected chi connectivity index (χ4v) is 2.16. The minimum atomic E-state index is -0.443. The SMILES string of the molecule is CC(=O)C(C#N)=C(O)Cc1cccc(Cl)c1.CCN(CC)CC. The number of aliphatic hydroxyl groups is 1. The first-order chi connectivity index (χ1) is 10.9. The molecule has 1 aromatic rings. The monoisotopic (exact) mass is 336 g/mol. The van der Waals surface area contributed by atoms with Crippen LogP contribution in [-0.4, -0.2) is 35.4 Å². The van der Waals surface area contributed by atoms with Crippen molar-refractivity contribution in [3.8, 4) is 6.07 Å². The number of nitriles is 1. The van der Waals surface area contributed by atoms with Gasteiger partial charge in [-0.1, -0.05) is 44.5 Å². The average Bonchev–Trinajstić information content (AvgIpc) is 2.50. The molecule has 0 radical (unpaired) electrons. The van der Waals surface area contributed by atoms with E-state index >= 15 is 0 Å². The first-order valence-corrected chi connectivity index (χ1v) is 8.07. The predicted molar refractivity (Wildman–Crippen MR) is 94.6 cm³/mol. The number of carbonyl (C=O) groups excluding carboxylic acids is 1. The van der Waals surface area contributed by atoms with E-state index < -0.39 is 5.78 Å². The lowest BCUT2D eigenvalue weighted by Crippen LogP contribution is -2.21. The minimum Gasteiger partial charge on any atom is -0.510 e. The summed E-state index contributed by atoms with van der Waals surface area (Å²) < 4.78 is 0. The maximum absolute atomic E-state index is 11.0. The number of ketones is 1. The summed E-state index contributed by atoms with van der Waals surface area (Å²) in [6.45, 7) is 11.4. The van der Waals surface area contributed by atoms with Gasteiger partial charge in [0.15, 0.2) is 5.78 Å². The molecule has 0 saturated heterocycles. The highest BCUT2D eigenvalue weighted by Gasteiger charge is 2.10. The Morgan fingerprint density at radius 3 is 2.17 bits per heavy atom. The second-order valence-corrected chi connectivity index (χ2v) is 5.35. The zero-order valence-corrected chi connectivity index (χ0v) is 15.0. The Kier molecular flexibility index (Phi) is 10.8. The van der Waals surface area contributed by atoms with Gasteiger partial charge in [0, 0.05) is 11.4 Å².